The van der Waals surface area contributed by atoms with Crippen molar-refractivity contribution in [3.63, 3.8) is 0 Å². The zero-order chi connectivity index (χ0) is 18.1. The van der Waals surface area contributed by atoms with Crippen LogP contribution in [0.15, 0.2) is 46.8 Å². The lowest BCUT2D eigenvalue weighted by Crippen LogP contribution is -2.36. The van der Waals surface area contributed by atoms with Crippen molar-refractivity contribution >= 4 is 44.9 Å². The highest BCUT2D eigenvalue weighted by molar-refractivity contribution is 8.01. The van der Waals surface area contributed by atoms with Gasteiger partial charge in [0.1, 0.15) is 5.75 Å². The van der Waals surface area contributed by atoms with Gasteiger partial charge < -0.3 is 9.64 Å². The smallest absolute Gasteiger partial charge is 0.237 e. The number of ether oxygens (including phenoxy) is 1. The maximum atomic E-state index is 12.8. The van der Waals surface area contributed by atoms with Crippen molar-refractivity contribution in [2.24, 2.45) is 0 Å². The van der Waals surface area contributed by atoms with Crippen molar-refractivity contribution in [2.75, 3.05) is 17.3 Å². The molecule has 3 aromatic rings. The van der Waals surface area contributed by atoms with E-state index in [2.05, 4.69) is 18.0 Å². The molecule has 0 saturated carbocycles. The van der Waals surface area contributed by atoms with E-state index in [1.807, 2.05) is 48.2 Å². The summed E-state index contributed by atoms with van der Waals surface area (Å²) < 4.78 is 7.55. The van der Waals surface area contributed by atoms with Crippen molar-refractivity contribution in [3.8, 4) is 5.75 Å². The molecule has 0 aliphatic carbocycles. The van der Waals surface area contributed by atoms with Gasteiger partial charge in [-0.1, -0.05) is 30.0 Å². The van der Waals surface area contributed by atoms with E-state index in [9.17, 15) is 4.79 Å². The van der Waals surface area contributed by atoms with E-state index in [4.69, 9.17) is 4.74 Å². The number of hydrogen-bond donors (Lipinski definition) is 0. The number of rotatable bonds is 5. The third kappa shape index (κ3) is 3.31. The quantitative estimate of drug-likeness (QED) is 0.595. The summed E-state index contributed by atoms with van der Waals surface area (Å²) in [6.07, 6.45) is 0.925. The number of thiazole rings is 1. The van der Waals surface area contributed by atoms with Crippen molar-refractivity contribution in [1.29, 1.82) is 0 Å². The van der Waals surface area contributed by atoms with E-state index in [0.29, 0.717) is 12.4 Å². The summed E-state index contributed by atoms with van der Waals surface area (Å²) in [6.45, 7) is 4.73. The second-order valence-electron chi connectivity index (χ2n) is 6.28. The number of anilines is 1. The van der Waals surface area contributed by atoms with Crippen LogP contribution in [0.3, 0.4) is 0 Å². The molecule has 1 aliphatic rings. The number of fused-ring (bicyclic) bond motifs is 2. The lowest BCUT2D eigenvalue weighted by atomic mass is 10.1. The number of hydrogen-bond acceptors (Lipinski definition) is 5. The van der Waals surface area contributed by atoms with Crippen LogP contribution in [0.4, 0.5) is 5.69 Å². The monoisotopic (exact) mass is 384 g/mol. The summed E-state index contributed by atoms with van der Waals surface area (Å²) in [6, 6.07) is 14.3. The summed E-state index contributed by atoms with van der Waals surface area (Å²) in [5, 5.41) is 0. The minimum Gasteiger partial charge on any atom is -0.494 e. The zero-order valence-electron chi connectivity index (χ0n) is 14.8. The molecule has 0 N–H and O–H groups in total. The number of thioether (sulfide) groups is 1. The Hall–Kier alpha value is -2.05. The molecule has 6 heteroatoms. The number of para-hydroxylation sites is 1. The van der Waals surface area contributed by atoms with Gasteiger partial charge in [0.25, 0.3) is 0 Å². The van der Waals surface area contributed by atoms with Gasteiger partial charge in [-0.2, -0.15) is 0 Å². The Morgan fingerprint density at radius 3 is 3.04 bits per heavy atom. The molecule has 0 spiro atoms. The molecule has 1 aliphatic heterocycles. The Bertz CT molecular complexity index is 954. The first-order valence-corrected chi connectivity index (χ1v) is 10.5. The van der Waals surface area contributed by atoms with Crippen LogP contribution in [-0.4, -0.2) is 29.3 Å². The van der Waals surface area contributed by atoms with Gasteiger partial charge in [0, 0.05) is 11.7 Å². The van der Waals surface area contributed by atoms with Crippen LogP contribution in [0.25, 0.3) is 10.2 Å². The second kappa shape index (κ2) is 7.29. The molecule has 0 saturated heterocycles. The van der Waals surface area contributed by atoms with Crippen molar-refractivity contribution in [2.45, 2.75) is 30.6 Å². The number of carbonyl (C=O) groups excluding carboxylic acids is 1. The van der Waals surface area contributed by atoms with Gasteiger partial charge in [0.05, 0.1) is 22.6 Å². The van der Waals surface area contributed by atoms with Crippen LogP contribution in [-0.2, 0) is 11.2 Å². The average Bonchev–Trinajstić information content (AvgIpc) is 3.19. The van der Waals surface area contributed by atoms with Crippen molar-refractivity contribution < 1.29 is 9.53 Å². The molecule has 2 heterocycles. The fourth-order valence-corrected chi connectivity index (χ4v) is 5.30. The molecule has 4 nitrogen and oxygen atoms in total. The molecule has 1 unspecified atom stereocenters. The van der Waals surface area contributed by atoms with Crippen LogP contribution in [0.1, 0.15) is 19.4 Å². The van der Waals surface area contributed by atoms with Crippen LogP contribution in [0, 0.1) is 0 Å². The Balaban J connectivity index is 1.47. The number of carbonyl (C=O) groups is 1. The highest BCUT2D eigenvalue weighted by Gasteiger charge is 2.30. The predicted molar refractivity (Wildman–Crippen MR) is 109 cm³/mol. The SMILES string of the molecule is CCOc1ccc2nc(SCC(=O)N3c4ccccc4CC3C)sc2c1. The predicted octanol–water partition coefficient (Wildman–Crippen LogP) is 4.76. The van der Waals surface area contributed by atoms with Gasteiger partial charge in [-0.25, -0.2) is 4.98 Å². The van der Waals surface area contributed by atoms with Gasteiger partial charge >= 0.3 is 0 Å². The Morgan fingerprint density at radius 2 is 2.19 bits per heavy atom. The molecule has 134 valence electrons. The maximum absolute atomic E-state index is 12.8. The molecule has 2 aromatic carbocycles. The minimum atomic E-state index is 0.140. The summed E-state index contributed by atoms with van der Waals surface area (Å²) in [4.78, 5) is 19.4. The molecule has 1 aromatic heterocycles. The Labute approximate surface area is 161 Å². The lowest BCUT2D eigenvalue weighted by molar-refractivity contribution is -0.116. The maximum Gasteiger partial charge on any atom is 0.237 e. The van der Waals surface area contributed by atoms with Gasteiger partial charge in [-0.05, 0) is 50.1 Å². The second-order valence-corrected chi connectivity index (χ2v) is 8.53. The third-order valence-corrected chi connectivity index (χ3v) is 6.59. The van der Waals surface area contributed by atoms with Gasteiger partial charge in [-0.3, -0.25) is 4.79 Å². The summed E-state index contributed by atoms with van der Waals surface area (Å²) >= 11 is 3.12. The number of benzene rings is 2. The van der Waals surface area contributed by atoms with Crippen LogP contribution >= 0.6 is 23.1 Å². The van der Waals surface area contributed by atoms with Crippen molar-refractivity contribution in [3.05, 3.63) is 48.0 Å². The standard InChI is InChI=1S/C20H20N2O2S2/c1-3-24-15-8-9-16-18(11-15)26-20(21-16)25-12-19(23)22-13(2)10-14-6-4-5-7-17(14)22/h4-9,11,13H,3,10,12H2,1-2H3. The normalized spacial score (nSPS) is 16.1. The zero-order valence-corrected chi connectivity index (χ0v) is 16.4. The largest absolute Gasteiger partial charge is 0.494 e. The molecular formula is C20H20N2O2S2. The number of nitrogens with zero attached hydrogens (tertiary/aromatic N) is 2. The Kier molecular flexibility index (Phi) is 4.87. The molecule has 0 fully saturated rings. The Morgan fingerprint density at radius 1 is 1.35 bits per heavy atom. The fourth-order valence-electron chi connectivity index (χ4n) is 3.34. The van der Waals surface area contributed by atoms with E-state index < -0.39 is 0 Å². The number of aromatic nitrogens is 1. The van der Waals surface area contributed by atoms with E-state index in [1.54, 1.807) is 11.3 Å². The highest BCUT2D eigenvalue weighted by Crippen LogP contribution is 2.35. The molecule has 1 atom stereocenters. The lowest BCUT2D eigenvalue weighted by Gasteiger charge is -2.22. The third-order valence-electron chi connectivity index (χ3n) is 4.45. The fraction of sp³-hybridized carbons (Fsp3) is 0.300. The number of amides is 1. The first-order valence-electron chi connectivity index (χ1n) is 8.72. The molecular weight excluding hydrogens is 364 g/mol. The van der Waals surface area contributed by atoms with Gasteiger partial charge in [0.2, 0.25) is 5.91 Å². The molecule has 1 amide bonds. The minimum absolute atomic E-state index is 0.140. The van der Waals surface area contributed by atoms with Crippen LogP contribution in [0.2, 0.25) is 0 Å². The first kappa shape index (κ1) is 17.4. The highest BCUT2D eigenvalue weighted by atomic mass is 32.2. The van der Waals surface area contributed by atoms with E-state index >= 15 is 0 Å². The van der Waals surface area contributed by atoms with E-state index in [0.717, 1.165) is 32.4 Å². The van der Waals surface area contributed by atoms with Crippen LogP contribution < -0.4 is 9.64 Å². The van der Waals surface area contributed by atoms with Crippen molar-refractivity contribution in [1.82, 2.24) is 4.98 Å². The molecule has 26 heavy (non-hydrogen) atoms. The van der Waals surface area contributed by atoms with Crippen LogP contribution in [0.5, 0.6) is 5.75 Å². The summed E-state index contributed by atoms with van der Waals surface area (Å²) in [5.41, 5.74) is 3.26. The molecule has 0 radical (unpaired) electrons. The van der Waals surface area contributed by atoms with Gasteiger partial charge in [0.15, 0.2) is 4.34 Å². The first-order chi connectivity index (χ1) is 12.7. The topological polar surface area (TPSA) is 42.4 Å². The molecule has 4 rings (SSSR count). The van der Waals surface area contributed by atoms with Gasteiger partial charge in [-0.15, -0.1) is 11.3 Å². The molecule has 0 bridgehead atoms. The summed E-state index contributed by atoms with van der Waals surface area (Å²) in [7, 11) is 0. The average molecular weight is 385 g/mol. The van der Waals surface area contributed by atoms with E-state index in [-0.39, 0.29) is 11.9 Å². The summed E-state index contributed by atoms with van der Waals surface area (Å²) in [5.74, 6) is 1.40. The van der Waals surface area contributed by atoms with E-state index in [1.165, 1.54) is 17.3 Å².